The number of rotatable bonds is 9. The van der Waals surface area contributed by atoms with Gasteiger partial charge < -0.3 is 34.3 Å². The van der Waals surface area contributed by atoms with Crippen LogP contribution in [0.5, 0.6) is 0 Å². The molecular formula is C56H83B2BrN6O9. The highest BCUT2D eigenvalue weighted by Gasteiger charge is 2.52. The highest BCUT2D eigenvalue weighted by atomic mass is 79.9. The van der Waals surface area contributed by atoms with E-state index in [1.807, 2.05) is 160 Å². The Morgan fingerprint density at radius 2 is 1.01 bits per heavy atom. The first kappa shape index (κ1) is 63.4. The van der Waals surface area contributed by atoms with Crippen molar-refractivity contribution in [2.24, 2.45) is 0 Å². The number of halogens is 1. The number of aryl methyl sites for hydroxylation is 4. The van der Waals surface area contributed by atoms with Gasteiger partial charge in [-0.3, -0.25) is 30.0 Å². The van der Waals surface area contributed by atoms with Crippen molar-refractivity contribution < 1.29 is 43.3 Å². The van der Waals surface area contributed by atoms with Crippen LogP contribution in [0.4, 0.5) is 0 Å². The number of nitrogens with one attached hydrogen (secondary N) is 3. The van der Waals surface area contributed by atoms with E-state index in [-0.39, 0.29) is 28.7 Å². The van der Waals surface area contributed by atoms with Crippen LogP contribution in [-0.4, -0.2) is 127 Å². The van der Waals surface area contributed by atoms with E-state index in [2.05, 4.69) is 32.1 Å². The Balaban J connectivity index is 0.000000341. The summed E-state index contributed by atoms with van der Waals surface area (Å²) < 4.78 is 17.4. The molecule has 2 aliphatic rings. The molecule has 0 unspecified atom stereocenters. The molecule has 2 heterocycles. The van der Waals surface area contributed by atoms with Gasteiger partial charge in [-0.15, -0.1) is 0 Å². The minimum atomic E-state index is -1.71. The quantitative estimate of drug-likeness (QED) is 0.0643. The number of benzene rings is 4. The van der Waals surface area contributed by atoms with E-state index < -0.39 is 42.4 Å². The Labute approximate surface area is 450 Å². The first-order valence-corrected chi connectivity index (χ1v) is 26.2. The van der Waals surface area contributed by atoms with Crippen molar-refractivity contribution in [3.63, 3.8) is 0 Å². The van der Waals surface area contributed by atoms with Crippen LogP contribution in [0, 0.1) is 27.7 Å². The third-order valence-electron chi connectivity index (χ3n) is 12.2. The highest BCUT2D eigenvalue weighted by molar-refractivity contribution is 9.08. The van der Waals surface area contributed by atoms with Crippen LogP contribution < -0.4 is 27.1 Å². The van der Waals surface area contributed by atoms with E-state index >= 15 is 0 Å². The van der Waals surface area contributed by atoms with E-state index in [4.69, 9.17) is 14.0 Å². The van der Waals surface area contributed by atoms with Crippen LogP contribution in [0.1, 0.15) is 157 Å². The van der Waals surface area contributed by atoms with E-state index in [9.17, 15) is 29.2 Å². The summed E-state index contributed by atoms with van der Waals surface area (Å²) in [6.07, 6.45) is 2.56. The van der Waals surface area contributed by atoms with Gasteiger partial charge in [0, 0.05) is 47.3 Å². The van der Waals surface area contributed by atoms with Gasteiger partial charge in [-0.2, -0.15) is 0 Å². The summed E-state index contributed by atoms with van der Waals surface area (Å²) in [5.41, 5.74) is 11.5. The van der Waals surface area contributed by atoms with Crippen molar-refractivity contribution in [2.75, 3.05) is 41.4 Å². The molecule has 4 aromatic carbocycles. The summed E-state index contributed by atoms with van der Waals surface area (Å²) in [7, 11) is 5.18. The van der Waals surface area contributed by atoms with Crippen LogP contribution in [0.15, 0.2) is 72.8 Å². The molecule has 4 amide bonds. The van der Waals surface area contributed by atoms with Crippen LogP contribution in [0.2, 0.25) is 0 Å². The number of hydrazine groups is 2. The number of nitrogens with zero attached hydrogens (tertiary/aromatic N) is 3. The van der Waals surface area contributed by atoms with Gasteiger partial charge in [0.1, 0.15) is 0 Å². The molecule has 2 aliphatic heterocycles. The molecule has 0 spiro atoms. The number of amides is 4. The lowest BCUT2D eigenvalue weighted by molar-refractivity contribution is 0.00578. The maximum Gasteiger partial charge on any atom is 0.495 e. The van der Waals surface area contributed by atoms with Crippen LogP contribution in [0.25, 0.3) is 0 Å². The molecule has 5 N–H and O–H groups in total. The number of hydrogen-bond donors (Lipinski definition) is 5. The molecule has 4 aromatic rings. The standard InChI is InChI=1S/C27H36BBrN2O4.C23H32BN3O4.C4H8O.C2H7N/c1-17-12-18(2)14-21(13-17)24(33)31(25(3,4)5)30-23(32)19-10-11-20(16-29)22(15-19)28-34-26(6,7)27(8,9)35-28;1-15-10-16(2)12-19(11-15)22(29)27(23(3,4)5)25-21(28)17-8-9-18(14-26(6)7)20(13-17)24(30)31;1-2-4-5-3-1;1-3-2/h10-15H,16H2,1-9H3,(H,30,32);8-13,30-31H,14H2,1-7H3,(H,25,28);1-4H2;3H,1-2H3. The molecule has 0 bridgehead atoms. The lowest BCUT2D eigenvalue weighted by atomic mass is 9.75. The number of alkyl halides is 1. The molecule has 0 saturated carbocycles. The molecule has 0 radical (unpaired) electrons. The maximum absolute atomic E-state index is 13.4. The molecule has 2 saturated heterocycles. The average molecular weight is 1090 g/mol. The maximum atomic E-state index is 13.4. The number of carbonyl (C=O) groups excluding carboxylic acids is 4. The lowest BCUT2D eigenvalue weighted by Gasteiger charge is -2.35. The van der Waals surface area contributed by atoms with E-state index in [1.54, 1.807) is 36.4 Å². The van der Waals surface area contributed by atoms with E-state index in [0.717, 1.165) is 46.5 Å². The van der Waals surface area contributed by atoms with Gasteiger partial charge in [0.25, 0.3) is 23.6 Å². The summed E-state index contributed by atoms with van der Waals surface area (Å²) in [5, 5.41) is 25.6. The van der Waals surface area contributed by atoms with Crippen molar-refractivity contribution in [1.82, 2.24) is 31.1 Å². The Hall–Kier alpha value is -4.91. The molecule has 6 rings (SSSR count). The fourth-order valence-electron chi connectivity index (χ4n) is 7.85. The molecule has 0 aliphatic carbocycles. The molecule has 15 nitrogen and oxygen atoms in total. The first-order valence-electron chi connectivity index (χ1n) is 25.1. The van der Waals surface area contributed by atoms with Gasteiger partial charge in [-0.25, -0.2) is 10.0 Å². The summed E-state index contributed by atoms with van der Waals surface area (Å²) in [4.78, 5) is 55.0. The molecule has 0 aromatic heterocycles. The van der Waals surface area contributed by atoms with E-state index in [1.165, 1.54) is 28.9 Å². The van der Waals surface area contributed by atoms with Crippen molar-refractivity contribution in [3.8, 4) is 0 Å². The topological polar surface area (TPSA) is 182 Å². The fourth-order valence-corrected chi connectivity index (χ4v) is 8.36. The van der Waals surface area contributed by atoms with Gasteiger partial charge in [-0.1, -0.05) is 62.4 Å². The zero-order valence-corrected chi connectivity index (χ0v) is 48.9. The number of ether oxygens (including phenoxy) is 1. The molecule has 2 fully saturated rings. The van der Waals surface area contributed by atoms with Crippen molar-refractivity contribution in [1.29, 1.82) is 0 Å². The first-order chi connectivity index (χ1) is 34.3. The predicted molar refractivity (Wildman–Crippen MR) is 302 cm³/mol. The fraction of sp³-hybridized carbons (Fsp3) is 0.500. The van der Waals surface area contributed by atoms with Crippen molar-refractivity contribution in [2.45, 2.75) is 144 Å². The Morgan fingerprint density at radius 3 is 1.34 bits per heavy atom. The van der Waals surface area contributed by atoms with Gasteiger partial charge >= 0.3 is 14.2 Å². The SMILES string of the molecule is C1CCOC1.CNC.Cc1cc(C)cc(C(=O)N(NC(=O)c2ccc(CBr)c(B3OC(C)(C)C(C)(C)O3)c2)C(C)(C)C)c1.Cc1cc(C)cc(C(=O)N(NC(=O)c2ccc(CN(C)C)c(B(O)O)c2)C(C)(C)C)c1. The second kappa shape index (κ2) is 27.2. The van der Waals surface area contributed by atoms with Gasteiger partial charge in [0.15, 0.2) is 0 Å². The van der Waals surface area contributed by atoms with Crippen molar-refractivity contribution in [3.05, 3.63) is 128 Å². The second-order valence-corrected chi connectivity index (χ2v) is 22.8. The van der Waals surface area contributed by atoms with Crippen LogP contribution >= 0.6 is 15.9 Å². The molecular weight excluding hydrogens is 1000 g/mol. The lowest BCUT2D eigenvalue weighted by Crippen LogP contribution is -2.56. The summed E-state index contributed by atoms with van der Waals surface area (Å²) in [6.45, 7) is 29.4. The van der Waals surface area contributed by atoms with Crippen LogP contribution in [0.3, 0.4) is 0 Å². The Morgan fingerprint density at radius 1 is 0.635 bits per heavy atom. The van der Waals surface area contributed by atoms with Gasteiger partial charge in [0.05, 0.1) is 22.3 Å². The van der Waals surface area contributed by atoms with Crippen LogP contribution in [-0.2, 0) is 25.9 Å². The largest absolute Gasteiger partial charge is 0.495 e. The monoisotopic (exact) mass is 1080 g/mol. The second-order valence-electron chi connectivity index (χ2n) is 22.2. The molecule has 0 atom stereocenters. The minimum Gasteiger partial charge on any atom is -0.423 e. The zero-order valence-electron chi connectivity index (χ0n) is 47.3. The summed E-state index contributed by atoms with van der Waals surface area (Å²) in [6, 6.07) is 21.4. The number of carbonyl (C=O) groups is 4. The van der Waals surface area contributed by atoms with Crippen molar-refractivity contribution >= 4 is 64.7 Å². The Kier molecular flexibility index (Phi) is 23.3. The zero-order chi connectivity index (χ0) is 56.1. The summed E-state index contributed by atoms with van der Waals surface area (Å²) in [5.74, 6) is -1.47. The molecule has 18 heteroatoms. The number of hydrogen-bond acceptors (Lipinski definition) is 11. The van der Waals surface area contributed by atoms with Gasteiger partial charge in [-0.05, 0) is 209 Å². The third kappa shape index (κ3) is 18.1. The average Bonchev–Trinajstić information content (AvgIpc) is 3.95. The smallest absolute Gasteiger partial charge is 0.423 e. The molecule has 74 heavy (non-hydrogen) atoms. The molecule has 404 valence electrons. The normalized spacial score (nSPS) is 14.6. The summed E-state index contributed by atoms with van der Waals surface area (Å²) >= 11 is 3.53. The van der Waals surface area contributed by atoms with Gasteiger partial charge in [0.2, 0.25) is 0 Å². The predicted octanol–water partition coefficient (Wildman–Crippen LogP) is 7.35. The Bertz CT molecular complexity index is 2490. The minimum absolute atomic E-state index is 0.230. The highest BCUT2D eigenvalue weighted by Crippen LogP contribution is 2.37. The van der Waals surface area contributed by atoms with E-state index in [0.29, 0.717) is 34.1 Å². The third-order valence-corrected chi connectivity index (χ3v) is 12.8.